The smallest absolute Gasteiger partial charge is 0.119 e. The van der Waals surface area contributed by atoms with E-state index in [1.807, 2.05) is 0 Å². The van der Waals surface area contributed by atoms with Crippen LogP contribution in [0.25, 0.3) is 0 Å². The molecule has 0 radical (unpaired) electrons. The van der Waals surface area contributed by atoms with Crippen LogP contribution in [0.15, 0.2) is 36.4 Å². The summed E-state index contributed by atoms with van der Waals surface area (Å²) >= 11 is 0. The summed E-state index contributed by atoms with van der Waals surface area (Å²) in [4.78, 5) is 0. The van der Waals surface area contributed by atoms with Gasteiger partial charge in [-0.25, -0.2) is 0 Å². The third kappa shape index (κ3) is 10.9. The number of ether oxygens (including phenoxy) is 1. The van der Waals surface area contributed by atoms with Crippen molar-refractivity contribution in [1.29, 1.82) is 0 Å². The van der Waals surface area contributed by atoms with Gasteiger partial charge < -0.3 is 4.74 Å². The van der Waals surface area contributed by atoms with Crippen LogP contribution in [-0.2, 0) is 6.42 Å². The first-order chi connectivity index (χ1) is 14.3. The molecule has 1 heteroatoms. The largest absolute Gasteiger partial charge is 0.494 e. The minimum Gasteiger partial charge on any atom is -0.494 e. The fraction of sp³-hybridized carbons (Fsp3) is 0.714. The first kappa shape index (κ1) is 24.0. The maximum Gasteiger partial charge on any atom is 0.119 e. The lowest BCUT2D eigenvalue weighted by molar-refractivity contribution is 0.289. The topological polar surface area (TPSA) is 9.23 Å². The summed E-state index contributed by atoms with van der Waals surface area (Å²) in [7, 11) is 0. The molecule has 29 heavy (non-hydrogen) atoms. The highest BCUT2D eigenvalue weighted by molar-refractivity contribution is 5.27. The third-order valence-electron chi connectivity index (χ3n) is 6.56. The van der Waals surface area contributed by atoms with Crippen molar-refractivity contribution in [3.63, 3.8) is 0 Å². The molecule has 2 rings (SSSR count). The van der Waals surface area contributed by atoms with E-state index >= 15 is 0 Å². The van der Waals surface area contributed by atoms with Crippen molar-refractivity contribution >= 4 is 0 Å². The molecule has 1 aliphatic carbocycles. The zero-order valence-corrected chi connectivity index (χ0v) is 19.3. The first-order valence-electron chi connectivity index (χ1n) is 12.7. The molecule has 1 saturated carbocycles. The predicted octanol–water partition coefficient (Wildman–Crippen LogP) is 8.91. The Morgan fingerprint density at radius 1 is 0.828 bits per heavy atom. The van der Waals surface area contributed by atoms with E-state index in [9.17, 15) is 0 Å². The molecule has 1 aromatic carbocycles. The van der Waals surface area contributed by atoms with Crippen LogP contribution in [0.1, 0.15) is 109 Å². The highest BCUT2D eigenvalue weighted by Crippen LogP contribution is 2.32. The molecule has 1 aliphatic rings. The highest BCUT2D eigenvalue weighted by atomic mass is 16.5. The Labute approximate surface area is 181 Å². The molecular formula is C28H46O. The van der Waals surface area contributed by atoms with Gasteiger partial charge in [-0.3, -0.25) is 0 Å². The van der Waals surface area contributed by atoms with Gasteiger partial charge in [0.2, 0.25) is 0 Å². The SMILES string of the molecule is CCCCCCCOc1ccc(CCC=C[C@H]2CC[C@H](CCCCC)CC2)cc1. The summed E-state index contributed by atoms with van der Waals surface area (Å²) in [6.07, 6.45) is 25.1. The van der Waals surface area contributed by atoms with Crippen molar-refractivity contribution < 1.29 is 4.74 Å². The second-order valence-electron chi connectivity index (χ2n) is 9.15. The highest BCUT2D eigenvalue weighted by Gasteiger charge is 2.18. The van der Waals surface area contributed by atoms with Crippen molar-refractivity contribution in [3.8, 4) is 5.75 Å². The van der Waals surface area contributed by atoms with Crippen LogP contribution < -0.4 is 4.74 Å². The Kier molecular flexibility index (Phi) is 12.9. The van der Waals surface area contributed by atoms with E-state index < -0.39 is 0 Å². The summed E-state index contributed by atoms with van der Waals surface area (Å²) in [5.74, 6) is 2.88. The van der Waals surface area contributed by atoms with Crippen LogP contribution in [-0.4, -0.2) is 6.61 Å². The molecule has 0 bridgehead atoms. The molecule has 0 heterocycles. The molecule has 0 N–H and O–H groups in total. The van der Waals surface area contributed by atoms with Crippen LogP contribution in [0.5, 0.6) is 5.75 Å². The van der Waals surface area contributed by atoms with Crippen LogP contribution >= 0.6 is 0 Å². The van der Waals surface area contributed by atoms with Gasteiger partial charge in [0.25, 0.3) is 0 Å². The fourth-order valence-electron chi connectivity index (χ4n) is 4.54. The summed E-state index contributed by atoms with van der Waals surface area (Å²) in [5, 5.41) is 0. The lowest BCUT2D eigenvalue weighted by Gasteiger charge is -2.26. The van der Waals surface area contributed by atoms with E-state index in [1.54, 1.807) is 0 Å². The Balaban J connectivity index is 1.55. The summed E-state index contributed by atoms with van der Waals surface area (Å²) < 4.78 is 5.87. The van der Waals surface area contributed by atoms with Gasteiger partial charge in [0.1, 0.15) is 5.75 Å². The zero-order chi connectivity index (χ0) is 20.6. The van der Waals surface area contributed by atoms with E-state index in [0.29, 0.717) is 0 Å². The van der Waals surface area contributed by atoms with Crippen LogP contribution in [0, 0.1) is 11.8 Å². The maximum absolute atomic E-state index is 5.87. The molecule has 0 aliphatic heterocycles. The Hall–Kier alpha value is -1.24. The second kappa shape index (κ2) is 15.6. The van der Waals surface area contributed by atoms with Crippen molar-refractivity contribution in [2.45, 2.75) is 110 Å². The van der Waals surface area contributed by atoms with Crippen molar-refractivity contribution in [1.82, 2.24) is 0 Å². The lowest BCUT2D eigenvalue weighted by atomic mass is 9.79. The van der Waals surface area contributed by atoms with Crippen LogP contribution in [0.2, 0.25) is 0 Å². The summed E-state index contributed by atoms with van der Waals surface area (Å²) in [6, 6.07) is 8.76. The second-order valence-corrected chi connectivity index (χ2v) is 9.15. The molecule has 1 fully saturated rings. The molecule has 0 unspecified atom stereocenters. The van der Waals surface area contributed by atoms with E-state index in [0.717, 1.165) is 37.0 Å². The molecule has 0 aromatic heterocycles. The van der Waals surface area contributed by atoms with E-state index in [-0.39, 0.29) is 0 Å². The van der Waals surface area contributed by atoms with Gasteiger partial charge in [-0.2, -0.15) is 0 Å². The molecular weight excluding hydrogens is 352 g/mol. The zero-order valence-electron chi connectivity index (χ0n) is 19.3. The maximum atomic E-state index is 5.87. The molecule has 1 nitrogen and oxygen atoms in total. The van der Waals surface area contributed by atoms with Crippen LogP contribution in [0.4, 0.5) is 0 Å². The number of hydrogen-bond donors (Lipinski definition) is 0. The average Bonchev–Trinajstić information content (AvgIpc) is 2.76. The van der Waals surface area contributed by atoms with Crippen molar-refractivity contribution in [2.75, 3.05) is 6.61 Å². The normalized spacial score (nSPS) is 19.7. The summed E-state index contributed by atoms with van der Waals surface area (Å²) in [6.45, 7) is 5.42. The Morgan fingerprint density at radius 3 is 2.24 bits per heavy atom. The van der Waals surface area contributed by atoms with Gasteiger partial charge in [-0.15, -0.1) is 0 Å². The first-order valence-corrected chi connectivity index (χ1v) is 12.7. The predicted molar refractivity (Wildman–Crippen MR) is 128 cm³/mol. The quantitative estimate of drug-likeness (QED) is 0.212. The monoisotopic (exact) mass is 398 g/mol. The minimum atomic E-state index is 0.838. The van der Waals surface area contributed by atoms with E-state index in [2.05, 4.69) is 50.3 Å². The lowest BCUT2D eigenvalue weighted by Crippen LogP contribution is -2.13. The van der Waals surface area contributed by atoms with Gasteiger partial charge in [0.15, 0.2) is 0 Å². The number of allylic oxidation sites excluding steroid dienone is 2. The summed E-state index contributed by atoms with van der Waals surface area (Å²) in [5.41, 5.74) is 1.42. The number of hydrogen-bond acceptors (Lipinski definition) is 1. The fourth-order valence-corrected chi connectivity index (χ4v) is 4.54. The average molecular weight is 399 g/mol. The van der Waals surface area contributed by atoms with Gasteiger partial charge in [-0.1, -0.05) is 89.5 Å². The molecule has 1 aromatic rings. The Morgan fingerprint density at radius 2 is 1.52 bits per heavy atom. The number of benzene rings is 1. The number of rotatable bonds is 15. The van der Waals surface area contributed by atoms with E-state index in [1.165, 1.54) is 89.0 Å². The minimum absolute atomic E-state index is 0.838. The number of aryl methyl sites for hydroxylation is 1. The van der Waals surface area contributed by atoms with Gasteiger partial charge in [-0.05, 0) is 74.5 Å². The van der Waals surface area contributed by atoms with Crippen molar-refractivity contribution in [2.24, 2.45) is 11.8 Å². The molecule has 0 atom stereocenters. The van der Waals surface area contributed by atoms with Crippen LogP contribution in [0.3, 0.4) is 0 Å². The molecule has 164 valence electrons. The number of unbranched alkanes of at least 4 members (excludes halogenated alkanes) is 6. The standard InChI is InChI=1S/C28H46O/c1-3-5-7-8-12-24-29-28-22-20-27(21-23-28)15-11-10-14-26-18-16-25(17-19-26)13-9-6-4-2/h10,14,20-23,25-26H,3-9,11-13,15-19,24H2,1-2H3/t25-,26-. The third-order valence-corrected chi connectivity index (χ3v) is 6.56. The Bertz CT molecular complexity index is 522. The van der Waals surface area contributed by atoms with E-state index in [4.69, 9.17) is 4.74 Å². The van der Waals surface area contributed by atoms with Crippen molar-refractivity contribution in [3.05, 3.63) is 42.0 Å². The molecule has 0 amide bonds. The molecule has 0 saturated heterocycles. The van der Waals surface area contributed by atoms with Gasteiger partial charge in [0, 0.05) is 0 Å². The van der Waals surface area contributed by atoms with Gasteiger partial charge >= 0.3 is 0 Å². The molecule has 0 spiro atoms. The van der Waals surface area contributed by atoms with Gasteiger partial charge in [0.05, 0.1) is 6.61 Å².